The lowest BCUT2D eigenvalue weighted by molar-refractivity contribution is 0.562. The van der Waals surface area contributed by atoms with Gasteiger partial charge in [0, 0.05) is 17.1 Å². The van der Waals surface area contributed by atoms with E-state index >= 15 is 0 Å². The predicted octanol–water partition coefficient (Wildman–Crippen LogP) is 3.35. The monoisotopic (exact) mass is 251 g/mol. The largest absolute Gasteiger partial charge is 0.422 e. The fourth-order valence-electron chi connectivity index (χ4n) is 2.31. The van der Waals surface area contributed by atoms with Gasteiger partial charge in [0.1, 0.15) is 5.58 Å². The van der Waals surface area contributed by atoms with E-state index in [9.17, 15) is 4.79 Å². The van der Waals surface area contributed by atoms with Crippen LogP contribution in [0.5, 0.6) is 0 Å². The number of hydrogen-bond acceptors (Lipinski definition) is 3. The van der Waals surface area contributed by atoms with E-state index in [0.717, 1.165) is 16.5 Å². The topological polar surface area (TPSA) is 56.2 Å². The summed E-state index contributed by atoms with van der Waals surface area (Å²) >= 11 is 0. The van der Waals surface area contributed by atoms with Crippen LogP contribution in [0.25, 0.3) is 22.1 Å². The van der Waals surface area contributed by atoms with Gasteiger partial charge in [-0.05, 0) is 30.2 Å². The summed E-state index contributed by atoms with van der Waals surface area (Å²) in [6.07, 6.45) is 0. The number of nitrogen functional groups attached to an aromatic ring is 1. The molecule has 0 saturated heterocycles. The average Bonchev–Trinajstić information content (AvgIpc) is 2.39. The molecule has 19 heavy (non-hydrogen) atoms. The third-order valence-corrected chi connectivity index (χ3v) is 3.25. The first-order valence-electron chi connectivity index (χ1n) is 6.05. The van der Waals surface area contributed by atoms with Crippen LogP contribution in [0.15, 0.2) is 57.7 Å². The number of anilines is 1. The van der Waals surface area contributed by atoms with Crippen LogP contribution in [-0.4, -0.2) is 0 Å². The van der Waals surface area contributed by atoms with Gasteiger partial charge in [0.15, 0.2) is 0 Å². The summed E-state index contributed by atoms with van der Waals surface area (Å²) in [5.41, 5.74) is 8.89. The van der Waals surface area contributed by atoms with E-state index in [2.05, 4.69) is 0 Å². The molecule has 0 fully saturated rings. The van der Waals surface area contributed by atoms with Crippen LogP contribution >= 0.6 is 0 Å². The highest BCUT2D eigenvalue weighted by molar-refractivity contribution is 5.88. The Balaban J connectivity index is 2.39. The summed E-state index contributed by atoms with van der Waals surface area (Å²) in [6, 6.07) is 14.9. The first-order valence-corrected chi connectivity index (χ1v) is 6.05. The Labute approximate surface area is 110 Å². The number of aryl methyl sites for hydroxylation is 1. The zero-order valence-corrected chi connectivity index (χ0v) is 10.5. The summed E-state index contributed by atoms with van der Waals surface area (Å²) in [7, 11) is 0. The van der Waals surface area contributed by atoms with Crippen LogP contribution in [0.4, 0.5) is 5.69 Å². The smallest absolute Gasteiger partial charge is 0.344 e. The average molecular weight is 251 g/mol. The number of benzene rings is 2. The third-order valence-electron chi connectivity index (χ3n) is 3.25. The molecule has 1 aromatic heterocycles. The molecule has 94 valence electrons. The van der Waals surface area contributed by atoms with Crippen LogP contribution < -0.4 is 11.4 Å². The molecule has 0 spiro atoms. The zero-order valence-electron chi connectivity index (χ0n) is 10.5. The molecule has 0 unspecified atom stereocenters. The lowest BCUT2D eigenvalue weighted by atomic mass is 9.99. The van der Waals surface area contributed by atoms with Crippen LogP contribution in [0.2, 0.25) is 0 Å². The molecule has 0 radical (unpaired) electrons. The number of fused-ring (bicyclic) bond motifs is 1. The Hall–Kier alpha value is -2.55. The first-order chi connectivity index (χ1) is 9.16. The first kappa shape index (κ1) is 11.5. The quantitative estimate of drug-likeness (QED) is 0.533. The lowest BCUT2D eigenvalue weighted by Crippen LogP contribution is -2.06. The molecule has 0 aliphatic carbocycles. The molecule has 3 aromatic rings. The minimum Gasteiger partial charge on any atom is -0.422 e. The lowest BCUT2D eigenvalue weighted by Gasteiger charge is -2.08. The molecule has 0 aliphatic rings. The van der Waals surface area contributed by atoms with Gasteiger partial charge in [-0.25, -0.2) is 4.79 Å². The summed E-state index contributed by atoms with van der Waals surface area (Å²) in [4.78, 5) is 12.2. The second-order valence-electron chi connectivity index (χ2n) is 4.51. The minimum absolute atomic E-state index is 0.332. The number of rotatable bonds is 1. The molecule has 0 amide bonds. The van der Waals surface area contributed by atoms with Gasteiger partial charge in [0.2, 0.25) is 0 Å². The molecule has 2 N–H and O–H groups in total. The van der Waals surface area contributed by atoms with E-state index in [-0.39, 0.29) is 5.63 Å². The summed E-state index contributed by atoms with van der Waals surface area (Å²) in [6.45, 7) is 1.93. The van der Waals surface area contributed by atoms with Crippen molar-refractivity contribution in [3.63, 3.8) is 0 Å². The van der Waals surface area contributed by atoms with Gasteiger partial charge < -0.3 is 10.2 Å². The maximum absolute atomic E-state index is 12.2. The molecular formula is C16H13NO2. The maximum atomic E-state index is 12.2. The highest BCUT2D eigenvalue weighted by Gasteiger charge is 2.12. The van der Waals surface area contributed by atoms with Gasteiger partial charge in [0.05, 0.1) is 5.56 Å². The van der Waals surface area contributed by atoms with Gasteiger partial charge in [-0.3, -0.25) is 0 Å². The van der Waals surface area contributed by atoms with Gasteiger partial charge in [-0.15, -0.1) is 0 Å². The molecule has 3 nitrogen and oxygen atoms in total. The van der Waals surface area contributed by atoms with Crippen LogP contribution in [0, 0.1) is 6.92 Å². The Morgan fingerprint density at radius 3 is 2.53 bits per heavy atom. The van der Waals surface area contributed by atoms with Gasteiger partial charge >= 0.3 is 5.63 Å². The Bertz CT molecular complexity index is 804. The van der Waals surface area contributed by atoms with Gasteiger partial charge in [-0.2, -0.15) is 0 Å². The molecule has 3 rings (SSSR count). The van der Waals surface area contributed by atoms with E-state index in [4.69, 9.17) is 10.2 Å². The Morgan fingerprint density at radius 1 is 1.05 bits per heavy atom. The van der Waals surface area contributed by atoms with Crippen molar-refractivity contribution in [3.05, 3.63) is 64.5 Å². The SMILES string of the molecule is Cc1c(-c2ccccc2)c(=O)oc2cc(N)ccc12. The normalized spacial score (nSPS) is 10.8. The summed E-state index contributed by atoms with van der Waals surface area (Å²) in [5, 5.41) is 0.910. The van der Waals surface area contributed by atoms with Crippen molar-refractivity contribution in [2.24, 2.45) is 0 Å². The standard InChI is InChI=1S/C16H13NO2/c1-10-13-8-7-12(17)9-14(13)19-16(18)15(10)11-5-3-2-4-6-11/h2-9H,17H2,1H3. The fourth-order valence-corrected chi connectivity index (χ4v) is 2.31. The van der Waals surface area contributed by atoms with E-state index in [1.807, 2.05) is 49.4 Å². The van der Waals surface area contributed by atoms with Crippen molar-refractivity contribution in [2.45, 2.75) is 6.92 Å². The Kier molecular flexibility index (Phi) is 2.60. The van der Waals surface area contributed by atoms with Crippen molar-refractivity contribution in [3.8, 4) is 11.1 Å². The second kappa shape index (κ2) is 4.28. The van der Waals surface area contributed by atoms with Crippen molar-refractivity contribution in [2.75, 3.05) is 5.73 Å². The highest BCUT2D eigenvalue weighted by atomic mass is 16.4. The Morgan fingerprint density at radius 2 is 1.79 bits per heavy atom. The van der Waals surface area contributed by atoms with E-state index in [1.165, 1.54) is 0 Å². The maximum Gasteiger partial charge on any atom is 0.344 e. The summed E-state index contributed by atoms with van der Waals surface area (Å²) in [5.74, 6) is 0. The van der Waals surface area contributed by atoms with Crippen molar-refractivity contribution >= 4 is 16.7 Å². The summed E-state index contributed by atoms with van der Waals surface area (Å²) < 4.78 is 5.37. The molecule has 0 aliphatic heterocycles. The van der Waals surface area contributed by atoms with Crippen molar-refractivity contribution in [1.82, 2.24) is 0 Å². The van der Waals surface area contributed by atoms with E-state index < -0.39 is 0 Å². The van der Waals surface area contributed by atoms with E-state index in [1.54, 1.807) is 6.07 Å². The second-order valence-corrected chi connectivity index (χ2v) is 4.51. The molecule has 2 aromatic carbocycles. The van der Waals surface area contributed by atoms with E-state index in [0.29, 0.717) is 16.8 Å². The molecule has 0 bridgehead atoms. The molecule has 0 atom stereocenters. The molecule has 0 saturated carbocycles. The van der Waals surface area contributed by atoms with Gasteiger partial charge in [0.25, 0.3) is 0 Å². The minimum atomic E-state index is -0.332. The third kappa shape index (κ3) is 1.89. The highest BCUT2D eigenvalue weighted by Crippen LogP contribution is 2.27. The fraction of sp³-hybridized carbons (Fsp3) is 0.0625. The number of nitrogens with two attached hydrogens (primary N) is 1. The van der Waals surface area contributed by atoms with Crippen LogP contribution in [0.3, 0.4) is 0 Å². The van der Waals surface area contributed by atoms with Crippen LogP contribution in [0.1, 0.15) is 5.56 Å². The van der Waals surface area contributed by atoms with Crippen LogP contribution in [-0.2, 0) is 0 Å². The van der Waals surface area contributed by atoms with Gasteiger partial charge in [-0.1, -0.05) is 30.3 Å². The molecule has 1 heterocycles. The van der Waals surface area contributed by atoms with Crippen molar-refractivity contribution < 1.29 is 4.42 Å². The van der Waals surface area contributed by atoms with Crippen molar-refractivity contribution in [1.29, 1.82) is 0 Å². The molecule has 3 heteroatoms. The molecular weight excluding hydrogens is 238 g/mol. The predicted molar refractivity (Wildman–Crippen MR) is 77.1 cm³/mol. The zero-order chi connectivity index (χ0) is 13.4. The number of hydrogen-bond donors (Lipinski definition) is 1.